The lowest BCUT2D eigenvalue weighted by Crippen LogP contribution is -2.44. The van der Waals surface area contributed by atoms with E-state index in [9.17, 15) is 14.7 Å². The number of aromatic hydroxyl groups is 1. The molecule has 1 N–H and O–H groups in total. The number of ketones is 2. The van der Waals surface area contributed by atoms with Gasteiger partial charge in [-0.3, -0.25) is 19.6 Å². The van der Waals surface area contributed by atoms with Gasteiger partial charge >= 0.3 is 0 Å². The number of nitrogens with zero attached hydrogens (tertiary/aromatic N) is 2. The van der Waals surface area contributed by atoms with Gasteiger partial charge in [-0.1, -0.05) is 46.4 Å². The molecule has 278 valence electrons. The van der Waals surface area contributed by atoms with Crippen LogP contribution in [-0.2, 0) is 22.3 Å². The number of phenols is 1. The van der Waals surface area contributed by atoms with Crippen molar-refractivity contribution in [2.45, 2.75) is 50.1 Å². The number of fused-ring (bicyclic) bond motifs is 2. The van der Waals surface area contributed by atoms with Crippen molar-refractivity contribution in [1.82, 2.24) is 9.97 Å². The Labute approximate surface area is 324 Å². The molecule has 2 aromatic carbocycles. The van der Waals surface area contributed by atoms with Crippen molar-refractivity contribution < 1.29 is 47.9 Å². The maximum atomic E-state index is 13.0. The van der Waals surface area contributed by atoms with Crippen LogP contribution in [0, 0.1) is 0 Å². The first-order chi connectivity index (χ1) is 25.5. The molecule has 2 saturated heterocycles. The summed E-state index contributed by atoms with van der Waals surface area (Å²) in [6, 6.07) is 6.30. The number of hydrogen-bond acceptors (Lipinski definition) is 12. The molecule has 4 aromatic rings. The van der Waals surface area contributed by atoms with Gasteiger partial charge in [0.2, 0.25) is 11.5 Å². The van der Waals surface area contributed by atoms with E-state index < -0.39 is 11.6 Å². The first kappa shape index (κ1) is 37.3. The number of hydrogen-bond donors (Lipinski definition) is 1. The van der Waals surface area contributed by atoms with Gasteiger partial charge in [0.05, 0.1) is 64.8 Å². The Balaban J connectivity index is 0.000000164. The molecular formula is C37H32Cl4N2O10. The zero-order valence-electron chi connectivity index (χ0n) is 28.2. The Hall–Kier alpha value is -4.04. The predicted octanol–water partition coefficient (Wildman–Crippen LogP) is 7.90. The fourth-order valence-corrected chi connectivity index (χ4v) is 7.38. The number of carbonyl (C=O) groups is 2. The second kappa shape index (κ2) is 15.4. The lowest BCUT2D eigenvalue weighted by atomic mass is 10.0. The van der Waals surface area contributed by atoms with E-state index in [0.29, 0.717) is 112 Å². The van der Waals surface area contributed by atoms with Crippen molar-refractivity contribution in [3.63, 3.8) is 0 Å². The van der Waals surface area contributed by atoms with E-state index in [1.165, 1.54) is 36.9 Å². The second-order valence-electron chi connectivity index (χ2n) is 12.6. The molecule has 8 rings (SSSR count). The maximum Gasteiger partial charge on any atom is 0.256 e. The standard InChI is InChI=1S/C19H17Cl2NO5.C18H15Cl2NO5/c1-24-16-3-2-11(15(23)8-12-13(20)9-22-10-14(12)21)17-18(16)27-19(26-17)4-6-25-7-5-19;19-12-8-21-9-13(20)11(12)7-15(23)10-1-2-14(22)17-16(10)25-18(26-17)3-5-24-6-4-18/h2-3,9-10H,4-8H2,1H3;1-2,8-9,22H,3-7H2. The molecule has 0 radical (unpaired) electrons. The fourth-order valence-electron chi connectivity index (χ4n) is 6.38. The zero-order valence-corrected chi connectivity index (χ0v) is 31.2. The summed E-state index contributed by atoms with van der Waals surface area (Å²) in [6.45, 7) is 2.03. The first-order valence-corrected chi connectivity index (χ1v) is 18.1. The predicted molar refractivity (Wildman–Crippen MR) is 194 cm³/mol. The van der Waals surface area contributed by atoms with Crippen molar-refractivity contribution >= 4 is 58.0 Å². The van der Waals surface area contributed by atoms with Crippen LogP contribution in [0.3, 0.4) is 0 Å². The summed E-state index contributed by atoms with van der Waals surface area (Å²) in [5.41, 5.74) is 1.74. The zero-order chi connectivity index (χ0) is 37.3. The van der Waals surface area contributed by atoms with Crippen LogP contribution in [-0.4, -0.2) is 71.8 Å². The number of ether oxygens (including phenoxy) is 7. The number of halogens is 4. The third-order valence-electron chi connectivity index (χ3n) is 9.23. The van der Waals surface area contributed by atoms with Crippen LogP contribution in [0.15, 0.2) is 49.1 Å². The molecule has 2 aromatic heterocycles. The van der Waals surface area contributed by atoms with Crippen LogP contribution in [0.4, 0.5) is 0 Å². The Kier molecular flexibility index (Phi) is 10.8. The van der Waals surface area contributed by atoms with E-state index in [1.807, 2.05) is 0 Å². The van der Waals surface area contributed by atoms with Crippen LogP contribution in [0.1, 0.15) is 57.5 Å². The molecule has 0 amide bonds. The highest BCUT2D eigenvalue weighted by Gasteiger charge is 2.47. The first-order valence-electron chi connectivity index (χ1n) is 16.6. The molecule has 0 saturated carbocycles. The number of phenolic OH excluding ortho intramolecular Hbond substituents is 1. The number of pyridine rings is 2. The molecule has 53 heavy (non-hydrogen) atoms. The van der Waals surface area contributed by atoms with Gasteiger partial charge in [0.1, 0.15) is 0 Å². The van der Waals surface area contributed by atoms with Crippen molar-refractivity contribution in [2.24, 2.45) is 0 Å². The minimum absolute atomic E-state index is 0.0170. The SMILES string of the molecule is COc1ccc(C(=O)Cc2c(Cl)cncc2Cl)c2c1OC1(CCOCC1)O2.O=C(Cc1c(Cl)cncc1Cl)c1ccc(O)c2c1OC1(CCOCC1)O2. The van der Waals surface area contributed by atoms with Crippen LogP contribution < -0.4 is 23.7 Å². The van der Waals surface area contributed by atoms with Gasteiger partial charge in [0, 0.05) is 74.4 Å². The summed E-state index contributed by atoms with van der Waals surface area (Å²) in [5.74, 6) is -0.440. The topological polar surface area (TPSA) is 145 Å². The highest BCUT2D eigenvalue weighted by Crippen LogP contribution is 2.52. The molecule has 6 heterocycles. The molecule has 4 aliphatic rings. The van der Waals surface area contributed by atoms with E-state index in [1.54, 1.807) is 19.2 Å². The molecule has 12 nitrogen and oxygen atoms in total. The number of carbonyl (C=O) groups excluding carboxylic acids is 2. The van der Waals surface area contributed by atoms with Gasteiger partial charge in [-0.25, -0.2) is 0 Å². The van der Waals surface area contributed by atoms with Crippen LogP contribution in [0.2, 0.25) is 20.1 Å². The molecule has 16 heteroatoms. The van der Waals surface area contributed by atoms with Gasteiger partial charge in [0.25, 0.3) is 11.6 Å². The van der Waals surface area contributed by atoms with Crippen molar-refractivity contribution in [1.29, 1.82) is 0 Å². The van der Waals surface area contributed by atoms with Crippen LogP contribution in [0.5, 0.6) is 34.5 Å². The average molecular weight is 806 g/mol. The third-order valence-corrected chi connectivity index (χ3v) is 10.5. The van der Waals surface area contributed by atoms with Crippen molar-refractivity contribution in [2.75, 3.05) is 33.5 Å². The van der Waals surface area contributed by atoms with Gasteiger partial charge in [0.15, 0.2) is 34.6 Å². The molecule has 2 fully saturated rings. The Bertz CT molecular complexity index is 2030. The highest BCUT2D eigenvalue weighted by molar-refractivity contribution is 6.36. The lowest BCUT2D eigenvalue weighted by Gasteiger charge is -2.31. The van der Waals surface area contributed by atoms with E-state index in [4.69, 9.17) is 79.6 Å². The van der Waals surface area contributed by atoms with Crippen LogP contribution in [0.25, 0.3) is 0 Å². The fraction of sp³-hybridized carbons (Fsp3) is 0.351. The van der Waals surface area contributed by atoms with Crippen molar-refractivity contribution in [3.05, 3.63) is 91.4 Å². The molecule has 4 aliphatic heterocycles. The molecule has 0 unspecified atom stereocenters. The summed E-state index contributed by atoms with van der Waals surface area (Å²) in [6.07, 6.45) is 7.97. The summed E-state index contributed by atoms with van der Waals surface area (Å²) in [4.78, 5) is 33.7. The Morgan fingerprint density at radius 2 is 1.04 bits per heavy atom. The van der Waals surface area contributed by atoms with Gasteiger partial charge in [-0.05, 0) is 24.3 Å². The normalized spacial score (nSPS) is 17.3. The van der Waals surface area contributed by atoms with Crippen molar-refractivity contribution in [3.8, 4) is 34.5 Å². The van der Waals surface area contributed by atoms with Gasteiger partial charge in [-0.2, -0.15) is 0 Å². The Morgan fingerprint density at radius 3 is 1.49 bits per heavy atom. The summed E-state index contributed by atoms with van der Waals surface area (Å²) < 4.78 is 40.3. The smallest absolute Gasteiger partial charge is 0.256 e. The average Bonchev–Trinajstić information content (AvgIpc) is 3.70. The van der Waals surface area contributed by atoms with Gasteiger partial charge in [-0.15, -0.1) is 0 Å². The van der Waals surface area contributed by atoms with Gasteiger partial charge < -0.3 is 38.3 Å². The quantitative estimate of drug-likeness (QED) is 0.181. The summed E-state index contributed by atoms with van der Waals surface area (Å²) in [5, 5.41) is 11.5. The molecular weight excluding hydrogens is 774 g/mol. The van der Waals surface area contributed by atoms with E-state index in [2.05, 4.69) is 9.97 Å². The number of benzene rings is 2. The molecule has 0 atom stereocenters. The summed E-state index contributed by atoms with van der Waals surface area (Å²) in [7, 11) is 1.55. The van der Waals surface area contributed by atoms with E-state index in [0.717, 1.165) is 0 Å². The molecule has 0 bridgehead atoms. The largest absolute Gasteiger partial charge is 0.504 e. The summed E-state index contributed by atoms with van der Waals surface area (Å²) >= 11 is 24.5. The van der Waals surface area contributed by atoms with Crippen LogP contribution >= 0.6 is 46.4 Å². The lowest BCUT2D eigenvalue weighted by molar-refractivity contribution is -0.144. The van der Waals surface area contributed by atoms with E-state index >= 15 is 0 Å². The van der Waals surface area contributed by atoms with E-state index in [-0.39, 0.29) is 41.7 Å². The Morgan fingerprint density at radius 1 is 0.642 bits per heavy atom. The minimum atomic E-state index is -0.902. The monoisotopic (exact) mass is 804 g/mol. The third kappa shape index (κ3) is 7.53. The maximum absolute atomic E-state index is 13.0. The number of aromatic nitrogens is 2. The number of Topliss-reactive ketones (excluding diaryl/α,β-unsaturated/α-hetero) is 2. The highest BCUT2D eigenvalue weighted by atomic mass is 35.5. The number of rotatable bonds is 7. The number of methoxy groups -OCH3 is 1. The second-order valence-corrected chi connectivity index (χ2v) is 14.2. The molecule has 0 aliphatic carbocycles. The molecule has 2 spiro atoms. The minimum Gasteiger partial charge on any atom is -0.504 e.